The molecule has 0 bridgehead atoms. The summed E-state index contributed by atoms with van der Waals surface area (Å²) in [6.45, 7) is 4.20. The maximum Gasteiger partial charge on any atom is 0.0708 e. The smallest absolute Gasteiger partial charge is 0.0708 e. The summed E-state index contributed by atoms with van der Waals surface area (Å²) in [5.41, 5.74) is 5.81. The molecule has 3 nitrogen and oxygen atoms in total. The molecule has 0 atom stereocenters. The molecule has 0 N–H and O–H groups in total. The van der Waals surface area contributed by atoms with Gasteiger partial charge in [-0.15, -0.1) is 0 Å². The Morgan fingerprint density at radius 3 is 2.72 bits per heavy atom. The van der Waals surface area contributed by atoms with E-state index in [4.69, 9.17) is 0 Å². The number of fused-ring (bicyclic) bond motifs is 1. The predicted molar refractivity (Wildman–Crippen MR) is 73.4 cm³/mol. The van der Waals surface area contributed by atoms with Crippen LogP contribution in [0.1, 0.15) is 11.1 Å². The molecule has 0 aliphatic carbocycles. The van der Waals surface area contributed by atoms with Crippen molar-refractivity contribution in [3.8, 4) is 11.3 Å². The Kier molecular flexibility index (Phi) is 2.40. The van der Waals surface area contributed by atoms with Crippen LogP contribution in [0.3, 0.4) is 0 Å². The summed E-state index contributed by atoms with van der Waals surface area (Å²) in [5, 5.41) is 5.47. The van der Waals surface area contributed by atoms with Gasteiger partial charge >= 0.3 is 0 Å². The maximum absolute atomic E-state index is 4.44. The molecule has 0 saturated heterocycles. The van der Waals surface area contributed by atoms with Crippen LogP contribution in [0.4, 0.5) is 0 Å². The number of nitrogens with zero attached hydrogens (tertiary/aromatic N) is 3. The fraction of sp³-hybridized carbons (Fsp3) is 0.200. The molecule has 0 unspecified atom stereocenters. The Labute approximate surface area is 106 Å². The van der Waals surface area contributed by atoms with Crippen LogP contribution in [-0.4, -0.2) is 14.8 Å². The second kappa shape index (κ2) is 3.95. The normalized spacial score (nSPS) is 11.1. The molecule has 0 radical (unpaired) electrons. The van der Waals surface area contributed by atoms with Crippen molar-refractivity contribution in [2.45, 2.75) is 13.8 Å². The first-order valence-electron chi connectivity index (χ1n) is 6.00. The second-order valence-electron chi connectivity index (χ2n) is 4.72. The number of hydrogen-bond donors (Lipinski definition) is 0. The highest BCUT2D eigenvalue weighted by Gasteiger charge is 2.07. The fourth-order valence-corrected chi connectivity index (χ4v) is 2.40. The first-order chi connectivity index (χ1) is 8.65. The summed E-state index contributed by atoms with van der Waals surface area (Å²) in [7, 11) is 1.97. The molecule has 0 aliphatic heterocycles. The average molecular weight is 237 g/mol. The molecule has 18 heavy (non-hydrogen) atoms. The molecule has 2 aromatic heterocycles. The van der Waals surface area contributed by atoms with E-state index in [1.807, 2.05) is 30.2 Å². The number of rotatable bonds is 1. The molecule has 0 fully saturated rings. The first-order valence-corrected chi connectivity index (χ1v) is 6.00. The van der Waals surface area contributed by atoms with Gasteiger partial charge in [-0.3, -0.25) is 9.67 Å². The summed E-state index contributed by atoms with van der Waals surface area (Å²) in [4.78, 5) is 4.44. The molecule has 0 spiro atoms. The molecule has 1 aromatic carbocycles. The lowest BCUT2D eigenvalue weighted by molar-refractivity contribution is 0.794. The zero-order valence-corrected chi connectivity index (χ0v) is 10.8. The molecule has 3 rings (SSSR count). The van der Waals surface area contributed by atoms with Crippen molar-refractivity contribution in [1.29, 1.82) is 0 Å². The third-order valence-corrected chi connectivity index (χ3v) is 3.23. The Hall–Kier alpha value is -2.16. The molecule has 0 saturated carbocycles. The highest BCUT2D eigenvalue weighted by atomic mass is 15.2. The minimum atomic E-state index is 1.02. The number of pyridine rings is 1. The zero-order valence-electron chi connectivity index (χ0n) is 10.8. The Morgan fingerprint density at radius 2 is 1.94 bits per heavy atom. The van der Waals surface area contributed by atoms with E-state index < -0.39 is 0 Å². The summed E-state index contributed by atoms with van der Waals surface area (Å²) in [6.07, 6.45) is 3.76. The van der Waals surface area contributed by atoms with E-state index in [9.17, 15) is 0 Å². The van der Waals surface area contributed by atoms with E-state index in [-0.39, 0.29) is 0 Å². The van der Waals surface area contributed by atoms with Crippen LogP contribution in [0.2, 0.25) is 0 Å². The van der Waals surface area contributed by atoms with Gasteiger partial charge in [0, 0.05) is 24.2 Å². The van der Waals surface area contributed by atoms with Crippen molar-refractivity contribution >= 4 is 10.9 Å². The summed E-state index contributed by atoms with van der Waals surface area (Å²) in [5.74, 6) is 0. The van der Waals surface area contributed by atoms with Crippen molar-refractivity contribution in [2.24, 2.45) is 7.05 Å². The predicted octanol–water partition coefficient (Wildman–Crippen LogP) is 3.25. The van der Waals surface area contributed by atoms with Gasteiger partial charge in [0.25, 0.3) is 0 Å². The largest absolute Gasteiger partial charge is 0.268 e. The van der Waals surface area contributed by atoms with E-state index in [0.717, 1.165) is 16.6 Å². The van der Waals surface area contributed by atoms with E-state index in [0.29, 0.717) is 0 Å². The summed E-state index contributed by atoms with van der Waals surface area (Å²) >= 11 is 0. The molecular formula is C15H15N3. The third-order valence-electron chi connectivity index (χ3n) is 3.23. The monoisotopic (exact) mass is 237 g/mol. The minimum absolute atomic E-state index is 1.02. The molecule has 2 heterocycles. The number of aromatic nitrogens is 3. The second-order valence-corrected chi connectivity index (χ2v) is 4.72. The molecule has 0 aliphatic rings. The van der Waals surface area contributed by atoms with Gasteiger partial charge in [0.15, 0.2) is 0 Å². The van der Waals surface area contributed by atoms with Crippen molar-refractivity contribution in [3.05, 3.63) is 47.8 Å². The van der Waals surface area contributed by atoms with Crippen molar-refractivity contribution in [1.82, 2.24) is 14.8 Å². The van der Waals surface area contributed by atoms with Crippen LogP contribution in [0, 0.1) is 13.8 Å². The van der Waals surface area contributed by atoms with E-state index in [2.05, 4.69) is 42.1 Å². The average Bonchev–Trinajstić information content (AvgIpc) is 2.71. The van der Waals surface area contributed by atoms with E-state index in [1.165, 1.54) is 16.6 Å². The highest BCUT2D eigenvalue weighted by molar-refractivity contribution is 5.86. The molecule has 0 amide bonds. The zero-order chi connectivity index (χ0) is 12.7. The Bertz CT molecular complexity index is 726. The number of benzene rings is 1. The van der Waals surface area contributed by atoms with Crippen LogP contribution >= 0.6 is 0 Å². The van der Waals surface area contributed by atoms with Gasteiger partial charge in [0.2, 0.25) is 0 Å². The molecular weight excluding hydrogens is 222 g/mol. The van der Waals surface area contributed by atoms with Crippen LogP contribution in [0.25, 0.3) is 22.2 Å². The number of hydrogen-bond acceptors (Lipinski definition) is 2. The maximum atomic E-state index is 4.44. The van der Waals surface area contributed by atoms with Crippen molar-refractivity contribution < 1.29 is 0 Å². The van der Waals surface area contributed by atoms with Gasteiger partial charge < -0.3 is 0 Å². The molecule has 3 heteroatoms. The highest BCUT2D eigenvalue weighted by Crippen LogP contribution is 2.26. The minimum Gasteiger partial charge on any atom is -0.268 e. The van der Waals surface area contributed by atoms with Gasteiger partial charge in [0.05, 0.1) is 17.4 Å². The van der Waals surface area contributed by atoms with Gasteiger partial charge in [0.1, 0.15) is 0 Å². The molecule has 3 aromatic rings. The van der Waals surface area contributed by atoms with Gasteiger partial charge in [-0.05, 0) is 49.2 Å². The lowest BCUT2D eigenvalue weighted by Crippen LogP contribution is -1.92. The Morgan fingerprint density at radius 1 is 1.11 bits per heavy atom. The van der Waals surface area contributed by atoms with E-state index >= 15 is 0 Å². The van der Waals surface area contributed by atoms with Crippen LogP contribution in [0.5, 0.6) is 0 Å². The van der Waals surface area contributed by atoms with Gasteiger partial charge in [-0.25, -0.2) is 0 Å². The van der Waals surface area contributed by atoms with Gasteiger partial charge in [-0.2, -0.15) is 5.10 Å². The quantitative estimate of drug-likeness (QED) is 0.650. The van der Waals surface area contributed by atoms with Crippen LogP contribution < -0.4 is 0 Å². The lowest BCUT2D eigenvalue weighted by Gasteiger charge is -2.05. The van der Waals surface area contributed by atoms with Crippen molar-refractivity contribution in [3.63, 3.8) is 0 Å². The van der Waals surface area contributed by atoms with Gasteiger partial charge in [-0.1, -0.05) is 0 Å². The fourth-order valence-electron chi connectivity index (χ4n) is 2.40. The molecule has 90 valence electrons. The first kappa shape index (κ1) is 11.0. The SMILES string of the molecule is Cc1ccnc(-c2cc(C)c3c(cnn3C)c2)c1. The third kappa shape index (κ3) is 1.68. The van der Waals surface area contributed by atoms with Crippen LogP contribution in [0.15, 0.2) is 36.7 Å². The van der Waals surface area contributed by atoms with Crippen LogP contribution in [-0.2, 0) is 7.05 Å². The lowest BCUT2D eigenvalue weighted by atomic mass is 10.0. The summed E-state index contributed by atoms with van der Waals surface area (Å²) < 4.78 is 1.91. The Balaban J connectivity index is 2.25. The number of aryl methyl sites for hydroxylation is 3. The standard InChI is InChI=1S/C15H15N3/c1-10-4-5-16-14(6-10)12-7-11(2)15-13(8-12)9-17-18(15)3/h4-9H,1-3H3. The summed E-state index contributed by atoms with van der Waals surface area (Å²) in [6, 6.07) is 8.44. The topological polar surface area (TPSA) is 30.7 Å². The van der Waals surface area contributed by atoms with E-state index in [1.54, 1.807) is 0 Å². The van der Waals surface area contributed by atoms with Crippen molar-refractivity contribution in [2.75, 3.05) is 0 Å².